The first-order valence-corrected chi connectivity index (χ1v) is 9.93. The van der Waals surface area contributed by atoms with Crippen LogP contribution in [0.3, 0.4) is 0 Å². The van der Waals surface area contributed by atoms with Crippen molar-refractivity contribution in [2.24, 2.45) is 5.92 Å². The maximum Gasteiger partial charge on any atom is 0.0515 e. The molecule has 130 valence electrons. The highest BCUT2D eigenvalue weighted by Crippen LogP contribution is 2.42. The zero-order chi connectivity index (χ0) is 17.4. The Kier molecular flexibility index (Phi) is 8.44. The van der Waals surface area contributed by atoms with E-state index in [4.69, 9.17) is 0 Å². The first-order valence-electron chi connectivity index (χ1n) is 9.93. The Morgan fingerprint density at radius 1 is 0.957 bits per heavy atom. The summed E-state index contributed by atoms with van der Waals surface area (Å²) in [6.07, 6.45) is 7.93. The van der Waals surface area contributed by atoms with E-state index in [1.807, 2.05) is 41.5 Å². The largest absolute Gasteiger partial charge is 0.347 e. The highest BCUT2D eigenvalue weighted by molar-refractivity contribution is 5.88. The molecule has 1 atom stereocenters. The van der Waals surface area contributed by atoms with Crippen molar-refractivity contribution in [1.82, 2.24) is 4.57 Å². The zero-order valence-corrected chi connectivity index (χ0v) is 16.4. The first kappa shape index (κ1) is 19.8. The average Bonchev–Trinajstić information content (AvgIpc) is 2.91. The molecule has 1 aliphatic heterocycles. The van der Waals surface area contributed by atoms with E-state index in [1.54, 1.807) is 16.5 Å². The van der Waals surface area contributed by atoms with Gasteiger partial charge in [-0.25, -0.2) is 0 Å². The molecule has 1 unspecified atom stereocenters. The average molecular weight is 316 g/mol. The molecule has 1 saturated carbocycles. The summed E-state index contributed by atoms with van der Waals surface area (Å²) >= 11 is 0. The van der Waals surface area contributed by atoms with Gasteiger partial charge in [0, 0.05) is 18.1 Å². The van der Waals surface area contributed by atoms with Gasteiger partial charge in [0.05, 0.1) is 5.52 Å². The molecule has 2 heterocycles. The molecule has 1 aliphatic carbocycles. The summed E-state index contributed by atoms with van der Waals surface area (Å²) in [6, 6.07) is 6.90. The number of hydrogen-bond donors (Lipinski definition) is 0. The van der Waals surface area contributed by atoms with E-state index in [-0.39, 0.29) is 0 Å². The Labute approximate surface area is 144 Å². The molecular weight excluding hydrogens is 278 g/mol. The van der Waals surface area contributed by atoms with Crippen LogP contribution in [0.2, 0.25) is 0 Å². The number of aromatic nitrogens is 1. The third kappa shape index (κ3) is 4.00. The lowest BCUT2D eigenvalue weighted by atomic mass is 9.80. The van der Waals surface area contributed by atoms with E-state index < -0.39 is 0 Å². The second kappa shape index (κ2) is 9.80. The van der Waals surface area contributed by atoms with Gasteiger partial charge in [-0.3, -0.25) is 0 Å². The minimum absolute atomic E-state index is 0.787. The van der Waals surface area contributed by atoms with E-state index in [1.165, 1.54) is 37.7 Å². The van der Waals surface area contributed by atoms with Crippen LogP contribution in [0.25, 0.3) is 10.9 Å². The smallest absolute Gasteiger partial charge is 0.0515 e. The highest BCUT2D eigenvalue weighted by Gasteiger charge is 2.26. The van der Waals surface area contributed by atoms with Gasteiger partial charge in [-0.1, -0.05) is 73.1 Å². The summed E-state index contributed by atoms with van der Waals surface area (Å²) in [5, 5.41) is 1.54. The van der Waals surface area contributed by atoms with E-state index >= 15 is 0 Å². The van der Waals surface area contributed by atoms with Gasteiger partial charge < -0.3 is 4.57 Å². The fourth-order valence-corrected chi connectivity index (χ4v) is 3.59. The van der Waals surface area contributed by atoms with Crippen molar-refractivity contribution in [2.45, 2.75) is 86.6 Å². The minimum Gasteiger partial charge on any atom is -0.347 e. The Hall–Kier alpha value is -1.24. The summed E-state index contributed by atoms with van der Waals surface area (Å²) in [6.45, 7) is 15.6. The Morgan fingerprint density at radius 3 is 2.17 bits per heavy atom. The lowest BCUT2D eigenvalue weighted by molar-refractivity contribution is 0.419. The predicted molar refractivity (Wildman–Crippen MR) is 105 cm³/mol. The summed E-state index contributed by atoms with van der Waals surface area (Å²) < 4.78 is 2.52. The summed E-state index contributed by atoms with van der Waals surface area (Å²) in [5.74, 6) is 1.64. The van der Waals surface area contributed by atoms with Crippen molar-refractivity contribution in [1.29, 1.82) is 0 Å². The van der Waals surface area contributed by atoms with Gasteiger partial charge in [0.2, 0.25) is 0 Å². The fraction of sp³-hybridized carbons (Fsp3) is 0.636. The SMILES string of the molecule is CC.CC.CC.CC1Cc2cccc3c(C4CCC4)cn(c23)C1. The molecule has 4 rings (SSSR count). The third-order valence-electron chi connectivity index (χ3n) is 4.63. The third-order valence-corrected chi connectivity index (χ3v) is 4.63. The van der Waals surface area contributed by atoms with Crippen LogP contribution in [0.4, 0.5) is 0 Å². The number of benzene rings is 1. The van der Waals surface area contributed by atoms with E-state index in [0.717, 1.165) is 11.8 Å². The van der Waals surface area contributed by atoms with Gasteiger partial charge >= 0.3 is 0 Å². The van der Waals surface area contributed by atoms with E-state index in [0.29, 0.717) is 0 Å². The molecule has 1 aromatic heterocycles. The molecule has 23 heavy (non-hydrogen) atoms. The number of para-hydroxylation sites is 1. The normalized spacial score (nSPS) is 18.5. The Morgan fingerprint density at radius 2 is 1.61 bits per heavy atom. The Balaban J connectivity index is 0.000000400. The van der Waals surface area contributed by atoms with Crippen molar-refractivity contribution >= 4 is 10.9 Å². The van der Waals surface area contributed by atoms with Crippen molar-refractivity contribution in [3.8, 4) is 0 Å². The highest BCUT2D eigenvalue weighted by atomic mass is 15.0. The maximum absolute atomic E-state index is 2.52. The number of nitrogens with zero attached hydrogens (tertiary/aromatic N) is 1. The topological polar surface area (TPSA) is 4.93 Å². The van der Waals surface area contributed by atoms with Crippen LogP contribution in [0, 0.1) is 5.92 Å². The van der Waals surface area contributed by atoms with E-state index in [2.05, 4.69) is 35.9 Å². The molecule has 1 nitrogen and oxygen atoms in total. The predicted octanol–water partition coefficient (Wildman–Crippen LogP) is 7.18. The van der Waals surface area contributed by atoms with E-state index in [9.17, 15) is 0 Å². The van der Waals surface area contributed by atoms with Gasteiger partial charge in [0.25, 0.3) is 0 Å². The second-order valence-electron chi connectivity index (χ2n) is 5.99. The number of hydrogen-bond acceptors (Lipinski definition) is 0. The first-order chi connectivity index (χ1) is 11.3. The number of rotatable bonds is 1. The molecule has 0 amide bonds. The zero-order valence-electron chi connectivity index (χ0n) is 16.4. The van der Waals surface area contributed by atoms with Crippen LogP contribution in [0.15, 0.2) is 24.4 Å². The summed E-state index contributed by atoms with van der Waals surface area (Å²) in [4.78, 5) is 0. The molecule has 2 aromatic rings. The standard InChI is InChI=1S/C16H19N.3C2H6/c1-11-8-13-6-3-7-14-15(12-4-2-5-12)10-17(9-11)16(13)14;3*1-2/h3,6-7,10-12H,2,4-5,8-9H2,1H3;3*1-2H3. The lowest BCUT2D eigenvalue weighted by Gasteiger charge is -2.24. The quantitative estimate of drug-likeness (QED) is 0.525. The molecule has 0 radical (unpaired) electrons. The van der Waals surface area contributed by atoms with Crippen LogP contribution in [0.5, 0.6) is 0 Å². The molecule has 0 spiro atoms. The van der Waals surface area contributed by atoms with Gasteiger partial charge in [-0.15, -0.1) is 0 Å². The Bertz CT molecular complexity index is 575. The molecule has 0 N–H and O–H groups in total. The molecule has 2 aliphatic rings. The summed E-state index contributed by atoms with van der Waals surface area (Å²) in [7, 11) is 0. The van der Waals surface area contributed by atoms with Crippen molar-refractivity contribution in [2.75, 3.05) is 0 Å². The monoisotopic (exact) mass is 315 g/mol. The van der Waals surface area contributed by atoms with Crippen LogP contribution in [-0.4, -0.2) is 4.57 Å². The molecule has 0 saturated heterocycles. The van der Waals surface area contributed by atoms with Crippen LogP contribution in [0.1, 0.15) is 84.8 Å². The van der Waals surface area contributed by atoms with Crippen LogP contribution >= 0.6 is 0 Å². The van der Waals surface area contributed by atoms with Gasteiger partial charge in [-0.2, -0.15) is 0 Å². The minimum atomic E-state index is 0.787. The molecule has 1 aromatic carbocycles. The van der Waals surface area contributed by atoms with Gasteiger partial charge in [0.15, 0.2) is 0 Å². The summed E-state index contributed by atoms with van der Waals surface area (Å²) in [5.41, 5.74) is 4.72. The molecule has 1 fully saturated rings. The van der Waals surface area contributed by atoms with Crippen LogP contribution in [-0.2, 0) is 13.0 Å². The fourth-order valence-electron chi connectivity index (χ4n) is 3.59. The molecule has 0 bridgehead atoms. The lowest BCUT2D eigenvalue weighted by Crippen LogP contribution is -2.15. The van der Waals surface area contributed by atoms with Crippen molar-refractivity contribution in [3.63, 3.8) is 0 Å². The maximum atomic E-state index is 2.52. The molecular formula is C22H37N. The van der Waals surface area contributed by atoms with Gasteiger partial charge in [-0.05, 0) is 42.2 Å². The van der Waals surface area contributed by atoms with Crippen LogP contribution < -0.4 is 0 Å². The second-order valence-corrected chi connectivity index (χ2v) is 5.99. The van der Waals surface area contributed by atoms with Crippen molar-refractivity contribution in [3.05, 3.63) is 35.5 Å². The molecule has 1 heteroatoms. The van der Waals surface area contributed by atoms with Gasteiger partial charge in [0.1, 0.15) is 0 Å². The van der Waals surface area contributed by atoms with Crippen molar-refractivity contribution < 1.29 is 0 Å².